The maximum Gasteiger partial charge on any atom is 0.122 e. The van der Waals surface area contributed by atoms with Gasteiger partial charge in [0, 0.05) is 11.1 Å². The molecule has 0 aliphatic carbocycles. The first-order valence-corrected chi connectivity index (χ1v) is 7.06. The Hall–Kier alpha value is -1.19. The van der Waals surface area contributed by atoms with Crippen molar-refractivity contribution in [2.24, 2.45) is 0 Å². The van der Waals surface area contributed by atoms with Crippen LogP contribution in [0.15, 0.2) is 42.5 Å². The fourth-order valence-electron chi connectivity index (χ4n) is 1.80. The van der Waals surface area contributed by atoms with Crippen molar-refractivity contribution in [2.45, 2.75) is 4.83 Å². The molecule has 0 bridgehead atoms. The summed E-state index contributed by atoms with van der Waals surface area (Å²) in [7, 11) is 3.29. The van der Waals surface area contributed by atoms with Gasteiger partial charge in [-0.05, 0) is 35.4 Å². The summed E-state index contributed by atoms with van der Waals surface area (Å²) in [5.74, 6) is 1.54. The van der Waals surface area contributed by atoms with E-state index in [-0.39, 0.29) is 4.83 Å². The van der Waals surface area contributed by atoms with Gasteiger partial charge in [-0.2, -0.15) is 0 Å². The second-order valence-corrected chi connectivity index (χ2v) is 5.41. The first kappa shape index (κ1) is 14.2. The average molecular weight is 342 g/mol. The maximum absolute atomic E-state index is 5.90. The van der Waals surface area contributed by atoms with E-state index < -0.39 is 0 Å². The summed E-state index contributed by atoms with van der Waals surface area (Å²) in [5, 5.41) is 0.728. The van der Waals surface area contributed by atoms with Crippen molar-refractivity contribution < 1.29 is 9.47 Å². The van der Waals surface area contributed by atoms with E-state index in [9.17, 15) is 0 Å². The lowest BCUT2D eigenvalue weighted by molar-refractivity contribution is 0.393. The minimum atomic E-state index is 0.0637. The molecule has 0 amide bonds. The maximum atomic E-state index is 5.90. The van der Waals surface area contributed by atoms with Crippen molar-refractivity contribution in [1.29, 1.82) is 0 Å². The van der Waals surface area contributed by atoms with Gasteiger partial charge in [-0.15, -0.1) is 0 Å². The van der Waals surface area contributed by atoms with Crippen molar-refractivity contribution in [2.75, 3.05) is 14.2 Å². The van der Waals surface area contributed by atoms with E-state index in [1.54, 1.807) is 14.2 Å². The Kier molecular flexibility index (Phi) is 4.72. The molecule has 4 heteroatoms. The predicted octanol–water partition coefficient (Wildman–Crippen LogP) is 4.84. The highest BCUT2D eigenvalue weighted by molar-refractivity contribution is 9.09. The van der Waals surface area contributed by atoms with Gasteiger partial charge in [0.05, 0.1) is 19.0 Å². The zero-order chi connectivity index (χ0) is 13.8. The molecule has 1 unspecified atom stereocenters. The summed E-state index contributed by atoms with van der Waals surface area (Å²) < 4.78 is 10.6. The number of alkyl halides is 1. The molecular weight excluding hydrogens is 328 g/mol. The number of ether oxygens (including phenoxy) is 2. The zero-order valence-corrected chi connectivity index (χ0v) is 13.0. The van der Waals surface area contributed by atoms with E-state index in [2.05, 4.69) is 15.9 Å². The molecule has 2 rings (SSSR count). The van der Waals surface area contributed by atoms with Crippen LogP contribution in [0.1, 0.15) is 16.0 Å². The molecule has 2 aromatic carbocycles. The Labute approximate surface area is 126 Å². The Morgan fingerprint density at radius 3 is 1.89 bits per heavy atom. The van der Waals surface area contributed by atoms with Crippen LogP contribution in [0, 0.1) is 0 Å². The van der Waals surface area contributed by atoms with E-state index in [1.165, 1.54) is 0 Å². The number of hydrogen-bond donors (Lipinski definition) is 0. The normalized spacial score (nSPS) is 12.0. The van der Waals surface area contributed by atoms with Crippen molar-refractivity contribution >= 4 is 27.5 Å². The smallest absolute Gasteiger partial charge is 0.122 e. The highest BCUT2D eigenvalue weighted by Gasteiger charge is 2.13. The Morgan fingerprint density at radius 2 is 1.42 bits per heavy atom. The molecule has 2 nitrogen and oxygen atoms in total. The second kappa shape index (κ2) is 6.31. The number of benzene rings is 2. The summed E-state index contributed by atoms with van der Waals surface area (Å²) in [6.45, 7) is 0. The van der Waals surface area contributed by atoms with Gasteiger partial charge < -0.3 is 9.47 Å². The molecule has 2 aromatic rings. The number of halogens is 2. The molecule has 100 valence electrons. The molecule has 0 saturated carbocycles. The fraction of sp³-hybridized carbons (Fsp3) is 0.200. The summed E-state index contributed by atoms with van der Waals surface area (Å²) >= 11 is 9.59. The fourth-order valence-corrected chi connectivity index (χ4v) is 2.50. The molecule has 1 atom stereocenters. The van der Waals surface area contributed by atoms with Gasteiger partial charge in [-0.3, -0.25) is 0 Å². The molecule has 0 spiro atoms. The minimum absolute atomic E-state index is 0.0637. The monoisotopic (exact) mass is 340 g/mol. The molecule has 0 heterocycles. The van der Waals surface area contributed by atoms with Crippen LogP contribution in [-0.2, 0) is 0 Å². The highest BCUT2D eigenvalue weighted by Crippen LogP contribution is 2.35. The van der Waals surface area contributed by atoms with Crippen LogP contribution in [0.4, 0.5) is 0 Å². The Morgan fingerprint density at radius 1 is 0.895 bits per heavy atom. The third-order valence-electron chi connectivity index (χ3n) is 2.83. The summed E-state index contributed by atoms with van der Waals surface area (Å²) in [4.78, 5) is 0.0637. The van der Waals surface area contributed by atoms with Gasteiger partial charge in [0.25, 0.3) is 0 Å². The molecule has 0 N–H and O–H groups in total. The molecule has 19 heavy (non-hydrogen) atoms. The largest absolute Gasteiger partial charge is 0.497 e. The van der Waals surface area contributed by atoms with Gasteiger partial charge in [-0.25, -0.2) is 0 Å². The highest BCUT2D eigenvalue weighted by atomic mass is 79.9. The number of rotatable bonds is 4. The Balaban J connectivity index is 2.37. The summed E-state index contributed by atoms with van der Waals surface area (Å²) in [5.41, 5.74) is 2.19. The topological polar surface area (TPSA) is 18.5 Å². The van der Waals surface area contributed by atoms with Crippen LogP contribution in [0.3, 0.4) is 0 Å². The summed E-state index contributed by atoms with van der Waals surface area (Å²) in [6, 6.07) is 13.6. The first-order valence-electron chi connectivity index (χ1n) is 5.76. The van der Waals surface area contributed by atoms with Crippen molar-refractivity contribution in [3.05, 3.63) is 58.6 Å². The van der Waals surface area contributed by atoms with Crippen LogP contribution in [0.25, 0.3) is 0 Å². The van der Waals surface area contributed by atoms with Crippen LogP contribution >= 0.6 is 27.5 Å². The van der Waals surface area contributed by atoms with Gasteiger partial charge in [0.1, 0.15) is 11.5 Å². The lowest BCUT2D eigenvalue weighted by Crippen LogP contribution is -1.95. The number of hydrogen-bond acceptors (Lipinski definition) is 2. The second-order valence-electron chi connectivity index (χ2n) is 4.06. The van der Waals surface area contributed by atoms with Gasteiger partial charge in [-0.1, -0.05) is 39.7 Å². The predicted molar refractivity (Wildman–Crippen MR) is 81.8 cm³/mol. The van der Waals surface area contributed by atoms with Gasteiger partial charge in [0.2, 0.25) is 0 Å². The van der Waals surface area contributed by atoms with Crippen LogP contribution < -0.4 is 9.47 Å². The van der Waals surface area contributed by atoms with Crippen LogP contribution in [-0.4, -0.2) is 14.2 Å². The molecule has 0 aromatic heterocycles. The lowest BCUT2D eigenvalue weighted by Gasteiger charge is -2.14. The first-order chi connectivity index (χ1) is 9.13. The van der Waals surface area contributed by atoms with E-state index in [0.29, 0.717) is 0 Å². The molecule has 0 saturated heterocycles. The molecule has 0 fully saturated rings. The quantitative estimate of drug-likeness (QED) is 0.741. The van der Waals surface area contributed by atoms with E-state index >= 15 is 0 Å². The molecule has 0 aliphatic heterocycles. The third kappa shape index (κ3) is 3.43. The van der Waals surface area contributed by atoms with E-state index in [0.717, 1.165) is 27.6 Å². The van der Waals surface area contributed by atoms with E-state index in [4.69, 9.17) is 21.1 Å². The summed E-state index contributed by atoms with van der Waals surface area (Å²) in [6.07, 6.45) is 0. The van der Waals surface area contributed by atoms with Crippen molar-refractivity contribution in [3.63, 3.8) is 0 Å². The van der Waals surface area contributed by atoms with Crippen molar-refractivity contribution in [1.82, 2.24) is 0 Å². The van der Waals surface area contributed by atoms with E-state index in [1.807, 2.05) is 42.5 Å². The SMILES string of the molecule is COc1cc(OC)cc(C(Br)c2ccc(Cl)cc2)c1. The zero-order valence-electron chi connectivity index (χ0n) is 10.7. The van der Waals surface area contributed by atoms with Crippen LogP contribution in [0.2, 0.25) is 5.02 Å². The molecular formula is C15H14BrClO2. The van der Waals surface area contributed by atoms with Crippen molar-refractivity contribution in [3.8, 4) is 11.5 Å². The third-order valence-corrected chi connectivity index (χ3v) is 4.14. The van der Waals surface area contributed by atoms with Crippen LogP contribution in [0.5, 0.6) is 11.5 Å². The Bertz CT molecular complexity index is 532. The molecule has 0 radical (unpaired) electrons. The minimum Gasteiger partial charge on any atom is -0.497 e. The number of methoxy groups -OCH3 is 2. The van der Waals surface area contributed by atoms with Gasteiger partial charge >= 0.3 is 0 Å². The standard InChI is InChI=1S/C15H14BrClO2/c1-18-13-7-11(8-14(9-13)19-2)15(16)10-3-5-12(17)6-4-10/h3-9,15H,1-2H3. The average Bonchev–Trinajstić information content (AvgIpc) is 2.46. The lowest BCUT2D eigenvalue weighted by atomic mass is 10.0. The van der Waals surface area contributed by atoms with Gasteiger partial charge in [0.15, 0.2) is 0 Å². The molecule has 0 aliphatic rings.